The summed E-state index contributed by atoms with van der Waals surface area (Å²) < 4.78 is 0.612. The molecule has 0 saturated carbocycles. The van der Waals surface area contributed by atoms with Gasteiger partial charge in [-0.05, 0) is 17.5 Å². The maximum atomic E-state index is 11.9. The van der Waals surface area contributed by atoms with Crippen LogP contribution in [0.2, 0.25) is 5.02 Å². The van der Waals surface area contributed by atoms with Gasteiger partial charge in [0.2, 0.25) is 0 Å². The van der Waals surface area contributed by atoms with Gasteiger partial charge in [0.1, 0.15) is 22.4 Å². The van der Waals surface area contributed by atoms with Gasteiger partial charge in [-0.1, -0.05) is 11.6 Å². The van der Waals surface area contributed by atoms with Crippen molar-refractivity contribution in [3.8, 4) is 6.07 Å². The fourth-order valence-corrected chi connectivity index (χ4v) is 3.10. The SMILES string of the molecule is CN(Cc1nc2ccsc2c(=O)[nH]1)c1ncc(C#N)cc1Cl. The summed E-state index contributed by atoms with van der Waals surface area (Å²) in [7, 11) is 1.79. The summed E-state index contributed by atoms with van der Waals surface area (Å²) in [6, 6.07) is 5.35. The lowest BCUT2D eigenvalue weighted by molar-refractivity contribution is 0.827. The Morgan fingerprint density at radius 2 is 2.36 bits per heavy atom. The van der Waals surface area contributed by atoms with E-state index in [-0.39, 0.29) is 5.56 Å². The number of pyridine rings is 1. The van der Waals surface area contributed by atoms with Gasteiger partial charge in [0.15, 0.2) is 0 Å². The minimum absolute atomic E-state index is 0.151. The number of aromatic nitrogens is 3. The lowest BCUT2D eigenvalue weighted by Gasteiger charge is -2.18. The number of nitrogens with one attached hydrogen (secondary N) is 1. The van der Waals surface area contributed by atoms with Crippen LogP contribution in [0.5, 0.6) is 0 Å². The van der Waals surface area contributed by atoms with E-state index in [2.05, 4.69) is 15.0 Å². The monoisotopic (exact) mass is 331 g/mol. The number of hydrogen-bond acceptors (Lipinski definition) is 6. The number of rotatable bonds is 3. The van der Waals surface area contributed by atoms with E-state index in [1.165, 1.54) is 17.5 Å². The molecule has 0 aliphatic rings. The fourth-order valence-electron chi connectivity index (χ4n) is 2.07. The lowest BCUT2D eigenvalue weighted by Crippen LogP contribution is -2.22. The van der Waals surface area contributed by atoms with Crippen molar-refractivity contribution in [1.82, 2.24) is 15.0 Å². The van der Waals surface area contributed by atoms with E-state index in [9.17, 15) is 4.79 Å². The topological polar surface area (TPSA) is 85.7 Å². The van der Waals surface area contributed by atoms with Crippen molar-refractivity contribution in [3.63, 3.8) is 0 Å². The Hall–Kier alpha value is -2.43. The lowest BCUT2D eigenvalue weighted by atomic mass is 10.3. The Morgan fingerprint density at radius 1 is 1.55 bits per heavy atom. The molecule has 0 aromatic carbocycles. The van der Waals surface area contributed by atoms with E-state index in [1.807, 2.05) is 17.5 Å². The number of nitriles is 1. The molecule has 0 radical (unpaired) electrons. The van der Waals surface area contributed by atoms with Gasteiger partial charge in [0, 0.05) is 13.2 Å². The molecule has 1 N–H and O–H groups in total. The van der Waals surface area contributed by atoms with Crippen molar-refractivity contribution in [1.29, 1.82) is 5.26 Å². The summed E-state index contributed by atoms with van der Waals surface area (Å²) >= 11 is 7.49. The molecule has 0 aliphatic carbocycles. The van der Waals surface area contributed by atoms with Crippen LogP contribution in [0.15, 0.2) is 28.5 Å². The zero-order valence-corrected chi connectivity index (χ0v) is 13.1. The summed E-state index contributed by atoms with van der Waals surface area (Å²) in [5.41, 5.74) is 0.923. The minimum atomic E-state index is -0.151. The summed E-state index contributed by atoms with van der Waals surface area (Å²) in [6.07, 6.45) is 1.45. The van der Waals surface area contributed by atoms with Crippen LogP contribution in [-0.2, 0) is 6.54 Å². The first kappa shape index (κ1) is 14.5. The Labute approximate surface area is 134 Å². The molecule has 0 fully saturated rings. The van der Waals surface area contributed by atoms with Crippen LogP contribution in [-0.4, -0.2) is 22.0 Å². The number of anilines is 1. The Morgan fingerprint density at radius 3 is 3.09 bits per heavy atom. The molecule has 3 heterocycles. The molecule has 0 saturated heterocycles. The maximum absolute atomic E-state index is 11.9. The Balaban J connectivity index is 1.91. The summed E-state index contributed by atoms with van der Waals surface area (Å²) in [4.78, 5) is 25.1. The van der Waals surface area contributed by atoms with E-state index in [4.69, 9.17) is 16.9 Å². The molecule has 3 aromatic heterocycles. The summed E-state index contributed by atoms with van der Waals surface area (Å²) in [6.45, 7) is 0.347. The predicted molar refractivity (Wildman–Crippen MR) is 86.3 cm³/mol. The van der Waals surface area contributed by atoms with Crippen LogP contribution >= 0.6 is 22.9 Å². The molecule has 110 valence electrons. The molecule has 0 unspecified atom stereocenters. The van der Waals surface area contributed by atoms with Crippen molar-refractivity contribution >= 4 is 39.0 Å². The molecule has 0 atom stereocenters. The van der Waals surface area contributed by atoms with Gasteiger partial charge in [-0.3, -0.25) is 4.79 Å². The minimum Gasteiger partial charge on any atom is -0.351 e. The standard InChI is InChI=1S/C14H10ClN5OS/c1-20(13-9(15)4-8(5-16)6-17-13)7-11-18-10-2-3-22-12(10)14(21)19-11/h2-4,6H,7H2,1H3,(H,18,19,21). The third-order valence-corrected chi connectivity index (χ3v) is 4.24. The predicted octanol–water partition coefficient (Wildman–Crippen LogP) is 2.54. The number of fused-ring (bicyclic) bond motifs is 1. The van der Waals surface area contributed by atoms with Crippen molar-refractivity contribution in [3.05, 3.63) is 50.5 Å². The Kier molecular flexibility index (Phi) is 3.79. The van der Waals surface area contributed by atoms with Crippen LogP contribution in [0.1, 0.15) is 11.4 Å². The van der Waals surface area contributed by atoms with Crippen LogP contribution in [0.3, 0.4) is 0 Å². The van der Waals surface area contributed by atoms with Crippen molar-refractivity contribution < 1.29 is 0 Å². The molecule has 6 nitrogen and oxygen atoms in total. The van der Waals surface area contributed by atoms with Crippen LogP contribution in [0.25, 0.3) is 10.2 Å². The molecule has 0 spiro atoms. The second-order valence-corrected chi connectivity index (χ2v) is 5.97. The van der Waals surface area contributed by atoms with Crippen LogP contribution in [0.4, 0.5) is 5.82 Å². The largest absolute Gasteiger partial charge is 0.351 e. The van der Waals surface area contributed by atoms with Gasteiger partial charge in [-0.15, -0.1) is 11.3 Å². The second-order valence-electron chi connectivity index (χ2n) is 4.64. The first-order valence-electron chi connectivity index (χ1n) is 6.31. The fraction of sp³-hybridized carbons (Fsp3) is 0.143. The van der Waals surface area contributed by atoms with Gasteiger partial charge in [0.25, 0.3) is 5.56 Å². The molecular weight excluding hydrogens is 322 g/mol. The molecule has 0 amide bonds. The number of hydrogen-bond donors (Lipinski definition) is 1. The zero-order valence-electron chi connectivity index (χ0n) is 11.5. The molecule has 3 rings (SSSR count). The van der Waals surface area contributed by atoms with Gasteiger partial charge in [-0.2, -0.15) is 5.26 Å². The molecule has 3 aromatic rings. The average Bonchev–Trinajstić information content (AvgIpc) is 2.95. The van der Waals surface area contributed by atoms with Gasteiger partial charge >= 0.3 is 0 Å². The molecule has 22 heavy (non-hydrogen) atoms. The van der Waals surface area contributed by atoms with Crippen LogP contribution < -0.4 is 10.5 Å². The second kappa shape index (κ2) is 5.75. The highest BCUT2D eigenvalue weighted by molar-refractivity contribution is 7.17. The highest BCUT2D eigenvalue weighted by atomic mass is 35.5. The normalized spacial score (nSPS) is 10.6. The highest BCUT2D eigenvalue weighted by Gasteiger charge is 2.12. The van der Waals surface area contributed by atoms with E-state index in [0.717, 1.165) is 0 Å². The third kappa shape index (κ3) is 2.66. The maximum Gasteiger partial charge on any atom is 0.268 e. The highest BCUT2D eigenvalue weighted by Crippen LogP contribution is 2.24. The van der Waals surface area contributed by atoms with E-state index < -0.39 is 0 Å². The van der Waals surface area contributed by atoms with E-state index >= 15 is 0 Å². The summed E-state index contributed by atoms with van der Waals surface area (Å²) in [5, 5.41) is 11.0. The van der Waals surface area contributed by atoms with Crippen molar-refractivity contribution in [2.75, 3.05) is 11.9 Å². The van der Waals surface area contributed by atoms with Gasteiger partial charge in [0.05, 0.1) is 22.6 Å². The first-order chi connectivity index (χ1) is 10.6. The van der Waals surface area contributed by atoms with Gasteiger partial charge < -0.3 is 9.88 Å². The zero-order chi connectivity index (χ0) is 15.7. The molecule has 8 heteroatoms. The first-order valence-corrected chi connectivity index (χ1v) is 7.57. The van der Waals surface area contributed by atoms with Crippen LogP contribution in [0, 0.1) is 11.3 Å². The molecule has 0 bridgehead atoms. The van der Waals surface area contributed by atoms with E-state index in [0.29, 0.717) is 39.0 Å². The quantitative estimate of drug-likeness (QED) is 0.797. The van der Waals surface area contributed by atoms with E-state index in [1.54, 1.807) is 18.0 Å². The third-order valence-electron chi connectivity index (χ3n) is 3.06. The molecule has 0 aliphatic heterocycles. The number of nitrogens with zero attached hydrogens (tertiary/aromatic N) is 4. The van der Waals surface area contributed by atoms with Crippen molar-refractivity contribution in [2.24, 2.45) is 0 Å². The Bertz CT molecular complexity index is 942. The van der Waals surface area contributed by atoms with Gasteiger partial charge in [-0.25, -0.2) is 9.97 Å². The smallest absolute Gasteiger partial charge is 0.268 e. The summed E-state index contributed by atoms with van der Waals surface area (Å²) in [5.74, 6) is 1.05. The number of H-pyrrole nitrogens is 1. The molecular formula is C14H10ClN5OS. The van der Waals surface area contributed by atoms with Crippen molar-refractivity contribution in [2.45, 2.75) is 6.54 Å². The number of halogens is 1. The average molecular weight is 332 g/mol. The number of aromatic amines is 1. The number of thiophene rings is 1.